The van der Waals surface area contributed by atoms with Gasteiger partial charge in [-0.3, -0.25) is 0 Å². The normalized spacial score (nSPS) is 16.1. The number of aromatic amines is 1. The number of methoxy groups -OCH3 is 1. The smallest absolute Gasteiger partial charge is 0.211 e. The van der Waals surface area contributed by atoms with Crippen molar-refractivity contribution in [2.24, 2.45) is 0 Å². The average molecular weight is 481 g/mol. The molecule has 3 heterocycles. The fraction of sp³-hybridized carbons (Fsp3) is 0.350. The molecule has 1 atom stereocenters. The summed E-state index contributed by atoms with van der Waals surface area (Å²) in [6, 6.07) is 1.16. The highest BCUT2D eigenvalue weighted by Gasteiger charge is 2.28. The summed E-state index contributed by atoms with van der Waals surface area (Å²) < 4.78 is 45.8. The number of hydrogen-bond acceptors (Lipinski definition) is 7. The van der Waals surface area contributed by atoms with Crippen molar-refractivity contribution in [3.8, 4) is 5.75 Å². The molecule has 4 rings (SSSR count). The zero-order chi connectivity index (χ0) is 23.0. The molecule has 0 saturated heterocycles. The van der Waals surface area contributed by atoms with Gasteiger partial charge in [0.05, 0.1) is 36.3 Å². The number of benzene rings is 1. The number of aromatic nitrogens is 4. The second-order valence-electron chi connectivity index (χ2n) is 7.46. The number of hydrogen-bond donors (Lipinski definition) is 2. The van der Waals surface area contributed by atoms with Gasteiger partial charge in [0.25, 0.3) is 0 Å². The number of rotatable bonds is 6. The van der Waals surface area contributed by atoms with Gasteiger partial charge in [0.15, 0.2) is 17.3 Å². The van der Waals surface area contributed by atoms with Gasteiger partial charge in [-0.25, -0.2) is 27.8 Å². The predicted octanol–water partition coefficient (Wildman–Crippen LogP) is 3.38. The first-order valence-corrected chi connectivity index (χ1v) is 12.0. The molecule has 0 amide bonds. The van der Waals surface area contributed by atoms with Gasteiger partial charge < -0.3 is 15.0 Å². The van der Waals surface area contributed by atoms with Gasteiger partial charge >= 0.3 is 0 Å². The van der Waals surface area contributed by atoms with Crippen molar-refractivity contribution in [2.45, 2.75) is 19.4 Å². The molecule has 0 spiro atoms. The third-order valence-electron chi connectivity index (χ3n) is 5.41. The van der Waals surface area contributed by atoms with Gasteiger partial charge in [-0.1, -0.05) is 17.7 Å². The Balaban J connectivity index is 1.73. The Morgan fingerprint density at radius 3 is 2.78 bits per heavy atom. The number of sulfonamides is 1. The molecule has 2 N–H and O–H groups in total. The molecule has 0 unspecified atom stereocenters. The summed E-state index contributed by atoms with van der Waals surface area (Å²) in [5.74, 6) is 0.266. The monoisotopic (exact) mass is 480 g/mol. The van der Waals surface area contributed by atoms with E-state index in [0.717, 1.165) is 6.26 Å². The topological polar surface area (TPSA) is 113 Å². The van der Waals surface area contributed by atoms with E-state index >= 15 is 4.39 Å². The molecule has 0 aliphatic carbocycles. The van der Waals surface area contributed by atoms with E-state index in [1.807, 2.05) is 6.92 Å². The van der Waals surface area contributed by atoms with E-state index in [4.69, 9.17) is 16.3 Å². The lowest BCUT2D eigenvalue weighted by atomic mass is 9.94. The fourth-order valence-corrected chi connectivity index (χ4v) is 4.77. The summed E-state index contributed by atoms with van der Waals surface area (Å²) in [6.07, 6.45) is 6.11. The molecule has 12 heteroatoms. The maximum Gasteiger partial charge on any atom is 0.211 e. The van der Waals surface area contributed by atoms with E-state index in [1.165, 1.54) is 30.1 Å². The first-order valence-electron chi connectivity index (χ1n) is 9.81. The number of anilines is 1. The summed E-state index contributed by atoms with van der Waals surface area (Å²) >= 11 is 6.26. The van der Waals surface area contributed by atoms with Crippen molar-refractivity contribution >= 4 is 44.2 Å². The summed E-state index contributed by atoms with van der Waals surface area (Å²) in [7, 11) is -1.86. The van der Waals surface area contributed by atoms with Gasteiger partial charge in [0, 0.05) is 18.7 Å². The zero-order valence-electron chi connectivity index (χ0n) is 17.7. The molecular formula is C20H22ClFN6O3S. The summed E-state index contributed by atoms with van der Waals surface area (Å²) in [5.41, 5.74) is 2.68. The molecule has 32 heavy (non-hydrogen) atoms. The first-order chi connectivity index (χ1) is 15.2. The molecule has 1 aliphatic heterocycles. The predicted molar refractivity (Wildman–Crippen MR) is 121 cm³/mol. The lowest BCUT2D eigenvalue weighted by Gasteiger charge is -2.27. The van der Waals surface area contributed by atoms with Crippen molar-refractivity contribution in [1.29, 1.82) is 0 Å². The minimum Gasteiger partial charge on any atom is -0.496 e. The Labute approximate surface area is 189 Å². The van der Waals surface area contributed by atoms with Crippen LogP contribution in [0.3, 0.4) is 0 Å². The van der Waals surface area contributed by atoms with Crippen LogP contribution >= 0.6 is 11.6 Å². The Morgan fingerprint density at radius 1 is 1.34 bits per heavy atom. The SMILES string of the molecule is COc1c([C@@H](C)Nc2ncnc3nc[nH]c23)cc(Cl)c(F)c1C1=CCN(S(C)(=O)=O)CC1. The summed E-state index contributed by atoms with van der Waals surface area (Å²) in [6.45, 7) is 2.29. The highest BCUT2D eigenvalue weighted by Crippen LogP contribution is 2.41. The molecule has 3 aromatic rings. The van der Waals surface area contributed by atoms with Crippen LogP contribution in [0.15, 0.2) is 24.8 Å². The highest BCUT2D eigenvalue weighted by molar-refractivity contribution is 7.88. The summed E-state index contributed by atoms with van der Waals surface area (Å²) in [4.78, 5) is 15.5. The molecule has 2 aromatic heterocycles. The number of halogens is 2. The van der Waals surface area contributed by atoms with Crippen molar-refractivity contribution in [2.75, 3.05) is 31.8 Å². The molecule has 1 aromatic carbocycles. The van der Waals surface area contributed by atoms with Crippen molar-refractivity contribution in [3.05, 3.63) is 46.8 Å². The largest absolute Gasteiger partial charge is 0.496 e. The van der Waals surface area contributed by atoms with Crippen LogP contribution in [0.25, 0.3) is 16.7 Å². The number of nitrogens with zero attached hydrogens (tertiary/aromatic N) is 4. The van der Waals surface area contributed by atoms with E-state index in [0.29, 0.717) is 40.3 Å². The Kier molecular flexibility index (Phi) is 6.06. The number of imidazole rings is 1. The number of nitrogens with one attached hydrogen (secondary N) is 2. The van der Waals surface area contributed by atoms with Crippen LogP contribution < -0.4 is 10.1 Å². The van der Waals surface area contributed by atoms with Gasteiger partial charge in [-0.05, 0) is 25.0 Å². The van der Waals surface area contributed by atoms with E-state index in [-0.39, 0.29) is 29.7 Å². The Morgan fingerprint density at radius 2 is 2.12 bits per heavy atom. The van der Waals surface area contributed by atoms with Gasteiger partial charge in [-0.15, -0.1) is 0 Å². The lowest BCUT2D eigenvalue weighted by Crippen LogP contribution is -2.33. The molecule has 170 valence electrons. The maximum absolute atomic E-state index is 15.2. The van der Waals surface area contributed by atoms with Gasteiger partial charge in [0.1, 0.15) is 17.6 Å². The number of fused-ring (bicyclic) bond motifs is 1. The molecule has 9 nitrogen and oxygen atoms in total. The minimum absolute atomic E-state index is 0.0507. The molecule has 1 aliphatic rings. The molecule has 0 bridgehead atoms. The molecule has 0 radical (unpaired) electrons. The van der Waals surface area contributed by atoms with E-state index in [9.17, 15) is 8.42 Å². The summed E-state index contributed by atoms with van der Waals surface area (Å²) in [5, 5.41) is 3.22. The number of ether oxygens (including phenoxy) is 1. The lowest BCUT2D eigenvalue weighted by molar-refractivity contribution is 0.401. The third-order valence-corrected chi connectivity index (χ3v) is 6.95. The van der Waals surface area contributed by atoms with Crippen molar-refractivity contribution < 1.29 is 17.5 Å². The van der Waals surface area contributed by atoms with E-state index in [1.54, 1.807) is 6.08 Å². The second kappa shape index (κ2) is 8.64. The number of H-pyrrole nitrogens is 1. The maximum atomic E-state index is 15.2. The van der Waals surface area contributed by atoms with E-state index in [2.05, 4.69) is 25.3 Å². The molecule has 0 fully saturated rings. The standard InChI is InChI=1S/C20H22ClFN6O3S/c1-11(27-20-17-19(24-9-23-17)25-10-26-20)13-8-14(21)16(22)15(18(13)31-2)12-4-6-28(7-5-12)32(3,29)30/h4,8-11H,5-7H2,1-3H3,(H2,23,24,25,26,27)/t11-/m1/s1. The quantitative estimate of drug-likeness (QED) is 0.556. The van der Waals surface area contributed by atoms with E-state index < -0.39 is 15.8 Å². The zero-order valence-corrected chi connectivity index (χ0v) is 19.3. The highest BCUT2D eigenvalue weighted by atomic mass is 35.5. The van der Waals surface area contributed by atoms with Crippen molar-refractivity contribution in [3.63, 3.8) is 0 Å². The van der Waals surface area contributed by atoms with Gasteiger partial charge in [-0.2, -0.15) is 4.31 Å². The second-order valence-corrected chi connectivity index (χ2v) is 9.85. The van der Waals surface area contributed by atoms with Crippen LogP contribution in [0.2, 0.25) is 5.02 Å². The van der Waals surface area contributed by atoms with Gasteiger partial charge in [0.2, 0.25) is 10.0 Å². The van der Waals surface area contributed by atoms with Crippen LogP contribution in [0.5, 0.6) is 5.75 Å². The van der Waals surface area contributed by atoms with Crippen LogP contribution in [-0.4, -0.2) is 59.1 Å². The first kappa shape index (κ1) is 22.4. The molecule has 0 saturated carbocycles. The fourth-order valence-electron chi connectivity index (χ4n) is 3.79. The van der Waals surface area contributed by atoms with Crippen LogP contribution in [0, 0.1) is 5.82 Å². The van der Waals surface area contributed by atoms with Crippen LogP contribution in [0.4, 0.5) is 10.2 Å². The third kappa shape index (κ3) is 4.15. The average Bonchev–Trinajstić information content (AvgIpc) is 3.24. The van der Waals surface area contributed by atoms with Crippen LogP contribution in [0.1, 0.15) is 30.5 Å². The molecular weight excluding hydrogens is 459 g/mol. The van der Waals surface area contributed by atoms with Crippen LogP contribution in [-0.2, 0) is 10.0 Å². The minimum atomic E-state index is -3.33. The Hall–Kier alpha value is -2.76. The van der Waals surface area contributed by atoms with Crippen molar-refractivity contribution in [1.82, 2.24) is 24.2 Å². The Bertz CT molecular complexity index is 1310.